The van der Waals surface area contributed by atoms with Gasteiger partial charge < -0.3 is 4.74 Å². The Kier molecular flexibility index (Phi) is 6.07. The van der Waals surface area contributed by atoms with E-state index in [2.05, 4.69) is 46.5 Å². The normalized spacial score (nSPS) is 11.4. The molecule has 6 heteroatoms. The van der Waals surface area contributed by atoms with Crippen LogP contribution in [0.2, 0.25) is 0 Å². The second-order valence-corrected chi connectivity index (χ2v) is 7.16. The summed E-state index contributed by atoms with van der Waals surface area (Å²) in [5.41, 5.74) is 3.50. The molecule has 2 aromatic carbocycles. The van der Waals surface area contributed by atoms with E-state index in [0.717, 1.165) is 22.2 Å². The van der Waals surface area contributed by atoms with E-state index in [-0.39, 0.29) is 6.10 Å². The van der Waals surface area contributed by atoms with Crippen molar-refractivity contribution < 1.29 is 4.74 Å². The standard InChI is InChI=1S/C20H22N4OS/c1-15(2)25-19-10-8-17(9-11-19)12-22-24-14-21-23-20(24)26-13-18-6-4-16(3)5-7-18/h4-12,14-15H,13H2,1-3H3/b22-12+. The zero-order valence-corrected chi connectivity index (χ0v) is 16.0. The molecule has 134 valence electrons. The van der Waals surface area contributed by atoms with E-state index in [1.54, 1.807) is 29.0 Å². The molecule has 0 radical (unpaired) electrons. The van der Waals surface area contributed by atoms with Crippen LogP contribution < -0.4 is 4.74 Å². The summed E-state index contributed by atoms with van der Waals surface area (Å²) in [5, 5.41) is 13.3. The molecule has 0 unspecified atom stereocenters. The number of thioether (sulfide) groups is 1. The monoisotopic (exact) mass is 366 g/mol. The first-order valence-corrected chi connectivity index (χ1v) is 9.48. The molecular weight excluding hydrogens is 344 g/mol. The van der Waals surface area contributed by atoms with Crippen LogP contribution in [0, 0.1) is 6.92 Å². The molecule has 0 amide bonds. The van der Waals surface area contributed by atoms with Gasteiger partial charge in [0.05, 0.1) is 12.3 Å². The zero-order valence-electron chi connectivity index (χ0n) is 15.2. The number of benzene rings is 2. The highest BCUT2D eigenvalue weighted by Crippen LogP contribution is 2.21. The summed E-state index contributed by atoms with van der Waals surface area (Å²) < 4.78 is 7.34. The summed E-state index contributed by atoms with van der Waals surface area (Å²) in [5.74, 6) is 1.69. The van der Waals surface area contributed by atoms with Crippen molar-refractivity contribution in [2.24, 2.45) is 5.10 Å². The van der Waals surface area contributed by atoms with Gasteiger partial charge in [-0.15, -0.1) is 10.2 Å². The fraction of sp³-hybridized carbons (Fsp3) is 0.250. The lowest BCUT2D eigenvalue weighted by atomic mass is 10.2. The summed E-state index contributed by atoms with van der Waals surface area (Å²) in [4.78, 5) is 0. The average molecular weight is 366 g/mol. The van der Waals surface area contributed by atoms with Crippen LogP contribution in [0.15, 0.2) is 65.1 Å². The highest BCUT2D eigenvalue weighted by atomic mass is 32.2. The molecule has 3 aromatic rings. The molecule has 26 heavy (non-hydrogen) atoms. The Hall–Kier alpha value is -2.60. The van der Waals surface area contributed by atoms with Gasteiger partial charge in [-0.1, -0.05) is 41.6 Å². The van der Waals surface area contributed by atoms with Gasteiger partial charge in [0.25, 0.3) is 0 Å². The minimum absolute atomic E-state index is 0.166. The van der Waals surface area contributed by atoms with E-state index in [0.29, 0.717) is 0 Å². The summed E-state index contributed by atoms with van der Waals surface area (Å²) in [6, 6.07) is 16.3. The molecule has 0 atom stereocenters. The van der Waals surface area contributed by atoms with Gasteiger partial charge in [-0.3, -0.25) is 0 Å². The number of hydrogen-bond donors (Lipinski definition) is 0. The van der Waals surface area contributed by atoms with E-state index in [1.165, 1.54) is 11.1 Å². The minimum Gasteiger partial charge on any atom is -0.491 e. The quantitative estimate of drug-likeness (QED) is 0.455. The maximum Gasteiger partial charge on any atom is 0.212 e. The van der Waals surface area contributed by atoms with Crippen LogP contribution in [0.3, 0.4) is 0 Å². The Morgan fingerprint density at radius 2 is 1.85 bits per heavy atom. The highest BCUT2D eigenvalue weighted by Gasteiger charge is 2.04. The van der Waals surface area contributed by atoms with Gasteiger partial charge in [-0.2, -0.15) is 9.78 Å². The second-order valence-electron chi connectivity index (χ2n) is 6.21. The molecule has 1 heterocycles. The van der Waals surface area contributed by atoms with E-state index >= 15 is 0 Å². The number of nitrogens with zero attached hydrogens (tertiary/aromatic N) is 4. The van der Waals surface area contributed by atoms with Crippen molar-refractivity contribution in [3.63, 3.8) is 0 Å². The smallest absolute Gasteiger partial charge is 0.212 e. The fourth-order valence-electron chi connectivity index (χ4n) is 2.26. The molecule has 0 spiro atoms. The predicted octanol–water partition coefficient (Wildman–Crippen LogP) is 4.55. The molecular formula is C20H22N4OS. The van der Waals surface area contributed by atoms with E-state index in [1.807, 2.05) is 38.1 Å². The van der Waals surface area contributed by atoms with Crippen LogP contribution >= 0.6 is 11.8 Å². The van der Waals surface area contributed by atoms with Crippen LogP contribution in [0.1, 0.15) is 30.5 Å². The summed E-state index contributed by atoms with van der Waals surface area (Å²) >= 11 is 1.61. The molecule has 0 aliphatic carbocycles. The Morgan fingerprint density at radius 1 is 1.12 bits per heavy atom. The van der Waals surface area contributed by atoms with Crippen molar-refractivity contribution in [3.8, 4) is 5.75 Å². The Labute approximate surface area is 158 Å². The average Bonchev–Trinajstić information content (AvgIpc) is 3.08. The maximum atomic E-state index is 5.65. The zero-order chi connectivity index (χ0) is 18.4. The van der Waals surface area contributed by atoms with E-state index < -0.39 is 0 Å². The number of aromatic nitrogens is 3. The molecule has 0 N–H and O–H groups in total. The summed E-state index contributed by atoms with van der Waals surface area (Å²) in [7, 11) is 0. The molecule has 0 fully saturated rings. The van der Waals surface area contributed by atoms with Crippen LogP contribution in [0.25, 0.3) is 0 Å². The van der Waals surface area contributed by atoms with Crippen LogP contribution in [-0.2, 0) is 5.75 Å². The van der Waals surface area contributed by atoms with E-state index in [9.17, 15) is 0 Å². The molecule has 0 aliphatic heterocycles. The molecule has 0 bridgehead atoms. The first-order chi connectivity index (χ1) is 12.6. The predicted molar refractivity (Wildman–Crippen MR) is 106 cm³/mol. The third-order valence-electron chi connectivity index (χ3n) is 3.57. The van der Waals surface area contributed by atoms with Gasteiger partial charge in [0.15, 0.2) is 0 Å². The largest absolute Gasteiger partial charge is 0.491 e. The molecule has 1 aromatic heterocycles. The fourth-order valence-corrected chi connectivity index (χ4v) is 3.08. The van der Waals surface area contributed by atoms with Gasteiger partial charge in [0.1, 0.15) is 12.1 Å². The van der Waals surface area contributed by atoms with Crippen molar-refractivity contribution in [1.29, 1.82) is 0 Å². The maximum absolute atomic E-state index is 5.65. The lowest BCUT2D eigenvalue weighted by Crippen LogP contribution is -2.05. The Morgan fingerprint density at radius 3 is 2.54 bits per heavy atom. The van der Waals surface area contributed by atoms with Gasteiger partial charge in [0, 0.05) is 5.75 Å². The summed E-state index contributed by atoms with van der Waals surface area (Å²) in [6.07, 6.45) is 3.57. The molecule has 3 rings (SSSR count). The third kappa shape index (κ3) is 5.20. The minimum atomic E-state index is 0.166. The summed E-state index contributed by atoms with van der Waals surface area (Å²) in [6.45, 7) is 6.11. The van der Waals surface area contributed by atoms with Gasteiger partial charge >= 0.3 is 0 Å². The Bertz CT molecular complexity index is 854. The molecule has 0 saturated heterocycles. The molecule has 0 saturated carbocycles. The second kappa shape index (κ2) is 8.67. The van der Waals surface area contributed by atoms with E-state index in [4.69, 9.17) is 4.74 Å². The Balaban J connectivity index is 1.62. The third-order valence-corrected chi connectivity index (χ3v) is 4.58. The number of aryl methyl sites for hydroxylation is 1. The lowest BCUT2D eigenvalue weighted by Gasteiger charge is -2.09. The van der Waals surface area contributed by atoms with Crippen molar-refractivity contribution in [2.45, 2.75) is 37.8 Å². The van der Waals surface area contributed by atoms with Gasteiger partial charge in [-0.25, -0.2) is 0 Å². The number of ether oxygens (including phenoxy) is 1. The number of rotatable bonds is 7. The van der Waals surface area contributed by atoms with Crippen molar-refractivity contribution in [2.75, 3.05) is 0 Å². The van der Waals surface area contributed by atoms with Gasteiger partial charge in [-0.05, 0) is 56.2 Å². The molecule has 0 aliphatic rings. The van der Waals surface area contributed by atoms with Crippen molar-refractivity contribution in [1.82, 2.24) is 14.9 Å². The van der Waals surface area contributed by atoms with Crippen molar-refractivity contribution in [3.05, 3.63) is 71.5 Å². The van der Waals surface area contributed by atoms with Crippen LogP contribution in [0.4, 0.5) is 0 Å². The van der Waals surface area contributed by atoms with Crippen molar-refractivity contribution >= 4 is 18.0 Å². The first kappa shape index (κ1) is 18.2. The first-order valence-electron chi connectivity index (χ1n) is 8.49. The molecule has 5 nitrogen and oxygen atoms in total. The highest BCUT2D eigenvalue weighted by molar-refractivity contribution is 7.98. The van der Waals surface area contributed by atoms with Crippen LogP contribution in [-0.4, -0.2) is 27.2 Å². The van der Waals surface area contributed by atoms with Crippen LogP contribution in [0.5, 0.6) is 5.75 Å². The lowest BCUT2D eigenvalue weighted by molar-refractivity contribution is 0.242. The topological polar surface area (TPSA) is 52.3 Å². The van der Waals surface area contributed by atoms with Gasteiger partial charge in [0.2, 0.25) is 5.16 Å². The number of hydrogen-bond acceptors (Lipinski definition) is 5. The SMILES string of the molecule is Cc1ccc(CSc2nncn2/N=C/c2ccc(OC(C)C)cc2)cc1.